The lowest BCUT2D eigenvalue weighted by atomic mass is 10.1. The van der Waals surface area contributed by atoms with Crippen LogP contribution >= 0.6 is 11.6 Å². The summed E-state index contributed by atoms with van der Waals surface area (Å²) in [6, 6.07) is 5.72. The van der Waals surface area contributed by atoms with Gasteiger partial charge in [0.1, 0.15) is 5.82 Å². The molecule has 1 aromatic heterocycles. The van der Waals surface area contributed by atoms with Crippen molar-refractivity contribution in [2.75, 3.05) is 25.3 Å². The smallest absolute Gasteiger partial charge is 0.242 e. The fraction of sp³-hybridized carbons (Fsp3) is 0.312. The van der Waals surface area contributed by atoms with Crippen molar-refractivity contribution in [1.29, 1.82) is 0 Å². The third-order valence-corrected chi connectivity index (χ3v) is 4.29. The van der Waals surface area contributed by atoms with Crippen molar-refractivity contribution in [1.82, 2.24) is 14.9 Å². The van der Waals surface area contributed by atoms with Gasteiger partial charge in [-0.05, 0) is 17.7 Å². The number of fused-ring (bicyclic) bond motifs is 2. The first-order chi connectivity index (χ1) is 11.6. The molecule has 3 heterocycles. The molecule has 1 aromatic carbocycles. The molecule has 1 amide bonds. The van der Waals surface area contributed by atoms with E-state index in [4.69, 9.17) is 21.1 Å². The molecule has 124 valence electrons. The molecule has 0 atom stereocenters. The van der Waals surface area contributed by atoms with Crippen molar-refractivity contribution in [3.05, 3.63) is 40.8 Å². The Kier molecular flexibility index (Phi) is 3.65. The number of carbonyl (C=O) groups is 1. The summed E-state index contributed by atoms with van der Waals surface area (Å²) in [5.74, 6) is 2.11. The summed E-state index contributed by atoms with van der Waals surface area (Å²) in [4.78, 5) is 24.3. The van der Waals surface area contributed by atoms with Crippen LogP contribution in [0.4, 0.5) is 5.82 Å². The van der Waals surface area contributed by atoms with Gasteiger partial charge in [0.25, 0.3) is 0 Å². The second-order valence-electron chi connectivity index (χ2n) is 5.74. The van der Waals surface area contributed by atoms with Crippen LogP contribution in [0.2, 0.25) is 5.28 Å². The van der Waals surface area contributed by atoms with Crippen LogP contribution in [0.15, 0.2) is 24.4 Å². The van der Waals surface area contributed by atoms with E-state index < -0.39 is 0 Å². The van der Waals surface area contributed by atoms with Gasteiger partial charge in [-0.15, -0.1) is 0 Å². The van der Waals surface area contributed by atoms with E-state index in [0.717, 1.165) is 11.1 Å². The first-order valence-electron chi connectivity index (χ1n) is 7.49. The van der Waals surface area contributed by atoms with E-state index in [1.807, 2.05) is 23.1 Å². The fourth-order valence-electron chi connectivity index (χ4n) is 2.92. The molecule has 4 rings (SSSR count). The second kappa shape index (κ2) is 5.83. The highest BCUT2D eigenvalue weighted by Crippen LogP contribution is 2.37. The molecule has 8 heteroatoms. The summed E-state index contributed by atoms with van der Waals surface area (Å²) < 4.78 is 11.0. The predicted molar refractivity (Wildman–Crippen MR) is 87.1 cm³/mol. The molecule has 2 aliphatic rings. The van der Waals surface area contributed by atoms with Crippen molar-refractivity contribution in [3.63, 3.8) is 0 Å². The Balaban J connectivity index is 1.73. The molecule has 0 spiro atoms. The molecule has 2 aromatic rings. The van der Waals surface area contributed by atoms with E-state index >= 15 is 0 Å². The maximum Gasteiger partial charge on any atom is 0.242 e. The Hall–Kier alpha value is -2.54. The summed E-state index contributed by atoms with van der Waals surface area (Å²) in [6.45, 7) is 1.33. The van der Waals surface area contributed by atoms with Crippen LogP contribution in [0, 0.1) is 0 Å². The molecule has 2 aliphatic heterocycles. The lowest BCUT2D eigenvalue weighted by molar-refractivity contribution is -0.128. The number of para-hydroxylation sites is 1. The second-order valence-corrected chi connectivity index (χ2v) is 6.08. The number of amides is 1. The zero-order chi connectivity index (χ0) is 16.7. The maximum atomic E-state index is 12.3. The van der Waals surface area contributed by atoms with Crippen molar-refractivity contribution < 1.29 is 14.3 Å². The van der Waals surface area contributed by atoms with Gasteiger partial charge < -0.3 is 19.3 Å². The van der Waals surface area contributed by atoms with Crippen molar-refractivity contribution in [2.24, 2.45) is 0 Å². The quantitative estimate of drug-likeness (QED) is 0.773. The molecule has 0 bridgehead atoms. The Bertz CT molecular complexity index is 814. The summed E-state index contributed by atoms with van der Waals surface area (Å²) in [6.07, 6.45) is 1.67. The zero-order valence-electron chi connectivity index (χ0n) is 13.0. The maximum absolute atomic E-state index is 12.3. The molecule has 0 saturated heterocycles. The van der Waals surface area contributed by atoms with E-state index in [1.165, 1.54) is 0 Å². The number of hydrogen-bond acceptors (Lipinski definition) is 6. The number of hydrogen-bond donors (Lipinski definition) is 0. The van der Waals surface area contributed by atoms with Crippen LogP contribution in [0.25, 0.3) is 0 Å². The normalized spacial score (nSPS) is 16.2. The predicted octanol–water partition coefficient (Wildman–Crippen LogP) is 1.84. The SMILES string of the molecule is CN1Cc2cnc(Cl)nc2N(Cc2cccc3c2OCO3)CC1=O. The van der Waals surface area contributed by atoms with Gasteiger partial charge >= 0.3 is 0 Å². The zero-order valence-corrected chi connectivity index (χ0v) is 13.8. The number of halogens is 1. The molecule has 0 saturated carbocycles. The molecule has 0 aliphatic carbocycles. The lowest BCUT2D eigenvalue weighted by Gasteiger charge is -2.23. The van der Waals surface area contributed by atoms with Gasteiger partial charge in [-0.3, -0.25) is 4.79 Å². The van der Waals surface area contributed by atoms with Crippen LogP contribution in [0.5, 0.6) is 11.5 Å². The average Bonchev–Trinajstić information content (AvgIpc) is 3.01. The summed E-state index contributed by atoms with van der Waals surface area (Å²) in [5, 5.41) is 0.161. The van der Waals surface area contributed by atoms with E-state index in [0.29, 0.717) is 30.4 Å². The minimum atomic E-state index is 0.00821. The van der Waals surface area contributed by atoms with Crippen molar-refractivity contribution >= 4 is 23.3 Å². The van der Waals surface area contributed by atoms with Crippen LogP contribution < -0.4 is 14.4 Å². The Morgan fingerprint density at radius 2 is 2.17 bits per heavy atom. The van der Waals surface area contributed by atoms with Gasteiger partial charge in [0, 0.05) is 30.9 Å². The molecule has 24 heavy (non-hydrogen) atoms. The Labute approximate surface area is 143 Å². The van der Waals surface area contributed by atoms with Gasteiger partial charge in [-0.25, -0.2) is 9.97 Å². The highest BCUT2D eigenvalue weighted by molar-refractivity contribution is 6.28. The van der Waals surface area contributed by atoms with Gasteiger partial charge in [0.15, 0.2) is 11.5 Å². The average molecular weight is 347 g/mol. The largest absolute Gasteiger partial charge is 0.454 e. The van der Waals surface area contributed by atoms with Crippen LogP contribution in [0.1, 0.15) is 11.1 Å². The number of anilines is 1. The minimum absolute atomic E-state index is 0.00821. The number of ether oxygens (including phenoxy) is 2. The fourth-order valence-corrected chi connectivity index (χ4v) is 3.05. The van der Waals surface area contributed by atoms with Crippen LogP contribution in [-0.4, -0.2) is 41.2 Å². The van der Waals surface area contributed by atoms with Gasteiger partial charge in [-0.1, -0.05) is 12.1 Å². The topological polar surface area (TPSA) is 67.8 Å². The van der Waals surface area contributed by atoms with Crippen molar-refractivity contribution in [2.45, 2.75) is 13.1 Å². The van der Waals surface area contributed by atoms with Gasteiger partial charge in [0.2, 0.25) is 18.0 Å². The van der Waals surface area contributed by atoms with E-state index in [-0.39, 0.29) is 24.5 Å². The minimum Gasteiger partial charge on any atom is -0.454 e. The number of benzene rings is 1. The molecule has 0 fully saturated rings. The standard InChI is InChI=1S/C16H15ClN4O3/c1-20-6-11-5-18-16(17)19-15(11)21(8-13(20)22)7-10-3-2-4-12-14(10)24-9-23-12/h2-5H,6-9H2,1H3. The first kappa shape index (κ1) is 15.0. The molecule has 0 unspecified atom stereocenters. The number of aromatic nitrogens is 2. The molecule has 0 radical (unpaired) electrons. The highest BCUT2D eigenvalue weighted by atomic mass is 35.5. The summed E-state index contributed by atoms with van der Waals surface area (Å²) in [5.41, 5.74) is 1.79. The van der Waals surface area contributed by atoms with Gasteiger partial charge in [-0.2, -0.15) is 0 Å². The monoisotopic (exact) mass is 346 g/mol. The van der Waals surface area contributed by atoms with Gasteiger partial charge in [0.05, 0.1) is 13.1 Å². The summed E-state index contributed by atoms with van der Waals surface area (Å²) >= 11 is 5.97. The number of carbonyl (C=O) groups excluding carboxylic acids is 1. The van der Waals surface area contributed by atoms with Crippen LogP contribution in [-0.2, 0) is 17.9 Å². The number of rotatable bonds is 2. The molecule has 7 nitrogen and oxygen atoms in total. The highest BCUT2D eigenvalue weighted by Gasteiger charge is 2.27. The first-order valence-corrected chi connectivity index (χ1v) is 7.87. The molecule has 0 N–H and O–H groups in total. The number of likely N-dealkylation sites (N-methyl/N-ethyl adjacent to an activating group) is 1. The van der Waals surface area contributed by atoms with E-state index in [2.05, 4.69) is 9.97 Å². The van der Waals surface area contributed by atoms with E-state index in [9.17, 15) is 4.79 Å². The Morgan fingerprint density at radius 1 is 1.29 bits per heavy atom. The molecular formula is C16H15ClN4O3. The lowest BCUT2D eigenvalue weighted by Crippen LogP contribution is -2.35. The van der Waals surface area contributed by atoms with E-state index in [1.54, 1.807) is 18.1 Å². The summed E-state index contributed by atoms with van der Waals surface area (Å²) in [7, 11) is 1.77. The number of nitrogens with zero attached hydrogens (tertiary/aromatic N) is 4. The molecular weight excluding hydrogens is 332 g/mol. The van der Waals surface area contributed by atoms with Crippen LogP contribution in [0.3, 0.4) is 0 Å². The third-order valence-electron chi connectivity index (χ3n) is 4.11. The Morgan fingerprint density at radius 3 is 3.04 bits per heavy atom. The van der Waals surface area contributed by atoms with Crippen molar-refractivity contribution in [3.8, 4) is 11.5 Å². The third kappa shape index (κ3) is 2.60.